The van der Waals surface area contributed by atoms with Gasteiger partial charge in [-0.15, -0.1) is 11.6 Å². The van der Waals surface area contributed by atoms with E-state index in [2.05, 4.69) is 0 Å². The standard InChI is InChI=1S/C33H45ClO12/c1-14(2)13-23(39)45-30-27(42-19(7)36)17(5)25-28(43-20(8)37)24-16(4)32(40)46-29(24)26(34)15(3)11-12-22(41-18(6)35)33(25,10)31(30)44-21(9)38/h11,14,17,22,25-31H,12-13H2,1-10H3/b15-11-/t17?,22-,25+,26-,27-,28+,29+,30-,31-,33+/m0/s1. The van der Waals surface area contributed by atoms with Crippen molar-refractivity contribution in [2.24, 2.45) is 23.2 Å². The molecule has 0 radical (unpaired) electrons. The molecule has 3 rings (SSSR count). The molecule has 256 valence electrons. The Balaban J connectivity index is 2.49. The Labute approximate surface area is 274 Å². The van der Waals surface area contributed by atoms with Crippen LogP contribution >= 0.6 is 11.6 Å². The number of carbonyl (C=O) groups excluding carboxylic acids is 6. The van der Waals surface area contributed by atoms with E-state index in [1.54, 1.807) is 26.8 Å². The summed E-state index contributed by atoms with van der Waals surface area (Å²) in [5, 5.41) is -0.881. The quantitative estimate of drug-likeness (QED) is 0.165. The molecule has 1 heterocycles. The molecule has 3 aliphatic rings. The summed E-state index contributed by atoms with van der Waals surface area (Å²) >= 11 is 6.90. The zero-order valence-electron chi connectivity index (χ0n) is 28.0. The second-order valence-electron chi connectivity index (χ2n) is 13.0. The van der Waals surface area contributed by atoms with Gasteiger partial charge in [0.15, 0.2) is 12.2 Å². The molecule has 0 aromatic heterocycles. The van der Waals surface area contributed by atoms with E-state index in [9.17, 15) is 28.8 Å². The van der Waals surface area contributed by atoms with Crippen LogP contribution in [0, 0.1) is 23.2 Å². The van der Waals surface area contributed by atoms with Crippen LogP contribution in [0.15, 0.2) is 22.8 Å². The van der Waals surface area contributed by atoms with Gasteiger partial charge in [-0.3, -0.25) is 24.0 Å². The van der Waals surface area contributed by atoms with E-state index in [1.807, 2.05) is 13.8 Å². The van der Waals surface area contributed by atoms with Crippen LogP contribution in [0.1, 0.15) is 82.1 Å². The molecule has 1 unspecified atom stereocenters. The molecule has 0 saturated heterocycles. The third-order valence-electron chi connectivity index (χ3n) is 9.04. The van der Waals surface area contributed by atoms with Crippen molar-refractivity contribution in [1.29, 1.82) is 0 Å². The van der Waals surface area contributed by atoms with Gasteiger partial charge in [-0.25, -0.2) is 4.79 Å². The fourth-order valence-corrected chi connectivity index (χ4v) is 7.44. The van der Waals surface area contributed by atoms with E-state index in [1.165, 1.54) is 34.6 Å². The van der Waals surface area contributed by atoms with Crippen LogP contribution in [0.3, 0.4) is 0 Å². The van der Waals surface area contributed by atoms with Gasteiger partial charge < -0.3 is 28.4 Å². The normalized spacial score (nSPS) is 35.4. The van der Waals surface area contributed by atoms with E-state index in [0.717, 1.165) is 0 Å². The highest BCUT2D eigenvalue weighted by atomic mass is 35.5. The molecule has 46 heavy (non-hydrogen) atoms. The van der Waals surface area contributed by atoms with Gasteiger partial charge in [0, 0.05) is 63.5 Å². The van der Waals surface area contributed by atoms with Crippen LogP contribution in [-0.2, 0) is 57.2 Å². The maximum atomic E-state index is 13.2. The highest BCUT2D eigenvalue weighted by molar-refractivity contribution is 6.23. The summed E-state index contributed by atoms with van der Waals surface area (Å²) in [6.07, 6.45) is -5.58. The van der Waals surface area contributed by atoms with E-state index in [4.69, 9.17) is 40.0 Å². The minimum atomic E-state index is -1.50. The molecule has 1 fully saturated rings. The van der Waals surface area contributed by atoms with Crippen LogP contribution in [0.2, 0.25) is 0 Å². The smallest absolute Gasteiger partial charge is 0.334 e. The maximum Gasteiger partial charge on any atom is 0.334 e. The number of ether oxygens (including phenoxy) is 6. The second kappa shape index (κ2) is 14.6. The second-order valence-corrected chi connectivity index (χ2v) is 13.5. The highest BCUT2D eigenvalue weighted by Gasteiger charge is 2.67. The fraction of sp³-hybridized carbons (Fsp3) is 0.697. The van der Waals surface area contributed by atoms with Crippen molar-refractivity contribution >= 4 is 47.4 Å². The van der Waals surface area contributed by atoms with E-state index in [0.29, 0.717) is 5.57 Å². The van der Waals surface area contributed by atoms with Gasteiger partial charge in [0.05, 0.1) is 10.8 Å². The molecular weight excluding hydrogens is 624 g/mol. The van der Waals surface area contributed by atoms with Crippen molar-refractivity contribution < 1.29 is 57.2 Å². The van der Waals surface area contributed by atoms with Gasteiger partial charge in [0.25, 0.3) is 0 Å². The van der Waals surface area contributed by atoms with Crippen molar-refractivity contribution in [3.63, 3.8) is 0 Å². The number of hydrogen-bond donors (Lipinski definition) is 0. The van der Waals surface area contributed by atoms with Gasteiger partial charge >= 0.3 is 35.8 Å². The lowest BCUT2D eigenvalue weighted by Crippen LogP contribution is -2.69. The van der Waals surface area contributed by atoms with Crippen LogP contribution in [-0.4, -0.2) is 77.8 Å². The number of alkyl halides is 1. The molecule has 0 aromatic rings. The van der Waals surface area contributed by atoms with Crippen molar-refractivity contribution in [2.45, 2.75) is 124 Å². The Hall–Kier alpha value is -3.41. The van der Waals surface area contributed by atoms with Gasteiger partial charge in [0.1, 0.15) is 24.4 Å². The Morgan fingerprint density at radius 1 is 0.913 bits per heavy atom. The number of halogens is 1. The summed E-state index contributed by atoms with van der Waals surface area (Å²) in [5.41, 5.74) is -0.487. The van der Waals surface area contributed by atoms with Crippen LogP contribution in [0.5, 0.6) is 0 Å². The SMILES string of the molecule is CC(=O)O[C@@H]1C2=C(C)C(=O)O[C@H]2[C@@H](Cl)/C(C)=C\C[C@H](OC(C)=O)[C@]2(C)[C@@H]1C(C)[C@H](OC(C)=O)[C@H](OC(=O)CC(C)C)[C@@H]2OC(C)=O. The summed E-state index contributed by atoms with van der Waals surface area (Å²) in [6, 6.07) is 0. The number of fused-ring (bicyclic) bond motifs is 2. The fourth-order valence-electron chi connectivity index (χ4n) is 7.16. The molecule has 0 spiro atoms. The van der Waals surface area contributed by atoms with Gasteiger partial charge in [0.2, 0.25) is 0 Å². The first-order valence-corrected chi connectivity index (χ1v) is 15.8. The van der Waals surface area contributed by atoms with E-state index in [-0.39, 0.29) is 29.9 Å². The zero-order chi connectivity index (χ0) is 34.8. The largest absolute Gasteiger partial charge is 0.461 e. The maximum absolute atomic E-state index is 13.2. The average molecular weight is 669 g/mol. The molecule has 0 bridgehead atoms. The number of hydrogen-bond acceptors (Lipinski definition) is 12. The number of esters is 6. The topological polar surface area (TPSA) is 158 Å². The predicted molar refractivity (Wildman–Crippen MR) is 163 cm³/mol. The summed E-state index contributed by atoms with van der Waals surface area (Å²) in [7, 11) is 0. The molecule has 2 aliphatic carbocycles. The number of rotatable bonds is 7. The number of carbonyl (C=O) groups is 6. The molecule has 0 amide bonds. The summed E-state index contributed by atoms with van der Waals surface area (Å²) < 4.78 is 35.5. The summed E-state index contributed by atoms with van der Waals surface area (Å²) in [5.74, 6) is -6.03. The Morgan fingerprint density at radius 3 is 2.00 bits per heavy atom. The van der Waals surface area contributed by atoms with Crippen LogP contribution in [0.25, 0.3) is 0 Å². The minimum absolute atomic E-state index is 0.0142. The van der Waals surface area contributed by atoms with Crippen LogP contribution in [0.4, 0.5) is 0 Å². The molecular formula is C33H45ClO12. The van der Waals surface area contributed by atoms with Crippen molar-refractivity contribution in [3.8, 4) is 0 Å². The monoisotopic (exact) mass is 668 g/mol. The predicted octanol–water partition coefficient (Wildman–Crippen LogP) is 4.14. The summed E-state index contributed by atoms with van der Waals surface area (Å²) in [6.45, 7) is 15.1. The first-order valence-electron chi connectivity index (χ1n) is 15.4. The molecule has 0 N–H and O–H groups in total. The van der Waals surface area contributed by atoms with Crippen molar-refractivity contribution in [1.82, 2.24) is 0 Å². The van der Waals surface area contributed by atoms with Crippen molar-refractivity contribution in [3.05, 3.63) is 22.8 Å². The third-order valence-corrected chi connectivity index (χ3v) is 9.61. The molecule has 10 atom stereocenters. The Morgan fingerprint density at radius 2 is 1.48 bits per heavy atom. The van der Waals surface area contributed by atoms with Crippen molar-refractivity contribution in [2.75, 3.05) is 0 Å². The van der Waals surface area contributed by atoms with Gasteiger partial charge in [-0.2, -0.15) is 0 Å². The highest BCUT2D eigenvalue weighted by Crippen LogP contribution is 2.56. The lowest BCUT2D eigenvalue weighted by Gasteiger charge is -2.58. The average Bonchev–Trinajstić information content (AvgIpc) is 3.21. The lowest BCUT2D eigenvalue weighted by atomic mass is 9.53. The summed E-state index contributed by atoms with van der Waals surface area (Å²) in [4.78, 5) is 77.2. The molecule has 13 heteroatoms. The zero-order valence-corrected chi connectivity index (χ0v) is 28.8. The third kappa shape index (κ3) is 7.58. The first kappa shape index (κ1) is 37.1. The molecule has 1 saturated carbocycles. The lowest BCUT2D eigenvalue weighted by molar-refractivity contribution is -0.260. The van der Waals surface area contributed by atoms with E-state index >= 15 is 0 Å². The first-order chi connectivity index (χ1) is 21.3. The minimum Gasteiger partial charge on any atom is -0.461 e. The Bertz CT molecular complexity index is 1320. The Kier molecular flexibility index (Phi) is 11.7. The van der Waals surface area contributed by atoms with E-state index < -0.39 is 95.1 Å². The van der Waals surface area contributed by atoms with Gasteiger partial charge in [-0.1, -0.05) is 39.3 Å². The molecule has 12 nitrogen and oxygen atoms in total. The molecule has 0 aromatic carbocycles. The molecule has 1 aliphatic heterocycles. The van der Waals surface area contributed by atoms with Gasteiger partial charge in [-0.05, 0) is 19.8 Å². The van der Waals surface area contributed by atoms with Crippen LogP contribution < -0.4 is 0 Å².